The largest absolute Gasteiger partial charge is 0.317 e. The quantitative estimate of drug-likeness (QED) is 0.207. The molecule has 4 nitrogen and oxygen atoms in total. The van der Waals surface area contributed by atoms with E-state index in [4.69, 9.17) is 9.97 Å². The minimum Gasteiger partial charge on any atom is -0.317 e. The van der Waals surface area contributed by atoms with Crippen LogP contribution in [0.15, 0.2) is 146 Å². The molecule has 5 heteroatoms. The molecule has 4 aromatic carbocycles. The van der Waals surface area contributed by atoms with E-state index in [1.165, 1.54) is 10.8 Å². The molecule has 0 aliphatic rings. The maximum Gasteiger partial charge on any atom is 0.138 e. The molecule has 0 saturated heterocycles. The number of hydrogen-bond acceptors (Lipinski definition) is 3. The molecule has 0 aliphatic heterocycles. The van der Waals surface area contributed by atoms with E-state index in [0.29, 0.717) is 8.73 Å². The first-order valence-corrected chi connectivity index (χ1v) is 13.9. The fourth-order valence-electron chi connectivity index (χ4n) is 5.05. The summed E-state index contributed by atoms with van der Waals surface area (Å²) in [7, 11) is 0.330. The third-order valence-electron chi connectivity index (χ3n) is 6.81. The van der Waals surface area contributed by atoms with Gasteiger partial charge in [-0.2, -0.15) is 0 Å². The number of para-hydroxylation sites is 4. The second kappa shape index (κ2) is 10.2. The lowest BCUT2D eigenvalue weighted by molar-refractivity contribution is 1.08. The number of pyridine rings is 2. The molecule has 0 saturated carbocycles. The van der Waals surface area contributed by atoms with Crippen molar-refractivity contribution in [1.29, 1.82) is 0 Å². The number of hydrogen-bond donors (Lipinski definition) is 0. The third-order valence-corrected chi connectivity index (χ3v) is 8.06. The van der Waals surface area contributed by atoms with Gasteiger partial charge in [-0.15, -0.1) is 0 Å². The van der Waals surface area contributed by atoms with Crippen LogP contribution < -0.4 is 10.1 Å². The van der Waals surface area contributed by atoms with Crippen molar-refractivity contribution >= 4 is 47.3 Å². The van der Waals surface area contributed by atoms with Crippen LogP contribution in [-0.4, -0.2) is 14.5 Å². The van der Waals surface area contributed by atoms with Gasteiger partial charge in [-0.3, -0.25) is 4.57 Å². The molecule has 186 valence electrons. The molecule has 0 amide bonds. The van der Waals surface area contributed by atoms with Crippen molar-refractivity contribution in [1.82, 2.24) is 14.5 Å². The van der Waals surface area contributed by atoms with Crippen molar-refractivity contribution in [2.75, 3.05) is 4.67 Å². The fraction of sp³-hybridized carbons (Fsp3) is 0. The van der Waals surface area contributed by atoms with Gasteiger partial charge in [-0.05, 0) is 60.7 Å². The molecule has 39 heavy (non-hydrogen) atoms. The van der Waals surface area contributed by atoms with E-state index in [2.05, 4.69) is 131 Å². The lowest BCUT2D eigenvalue weighted by Crippen LogP contribution is -2.13. The van der Waals surface area contributed by atoms with E-state index in [1.54, 1.807) is 0 Å². The van der Waals surface area contributed by atoms with Crippen molar-refractivity contribution in [3.05, 3.63) is 146 Å². The number of benzene rings is 4. The lowest BCUT2D eigenvalue weighted by atomic mass is 10.2. The van der Waals surface area contributed by atoms with Gasteiger partial charge in [0.25, 0.3) is 0 Å². The predicted octanol–water partition coefficient (Wildman–Crippen LogP) is 8.30. The Hall–Kier alpha value is -4.79. The zero-order valence-electron chi connectivity index (χ0n) is 21.1. The van der Waals surface area contributed by atoms with E-state index in [1.807, 2.05) is 24.3 Å². The van der Waals surface area contributed by atoms with Crippen LogP contribution >= 0.6 is 8.73 Å². The Morgan fingerprint density at radius 2 is 0.974 bits per heavy atom. The number of aromatic nitrogens is 3. The van der Waals surface area contributed by atoms with E-state index in [9.17, 15) is 0 Å². The monoisotopic (exact) mass is 520 g/mol. The highest BCUT2D eigenvalue weighted by Crippen LogP contribution is 2.36. The Kier molecular flexibility index (Phi) is 6.08. The molecule has 3 aromatic heterocycles. The number of nitrogens with zero attached hydrogens (tertiary/aromatic N) is 4. The van der Waals surface area contributed by atoms with Crippen LogP contribution in [0.2, 0.25) is 0 Å². The molecular weight excluding hydrogens is 495 g/mol. The zero-order chi connectivity index (χ0) is 26.0. The summed E-state index contributed by atoms with van der Waals surface area (Å²) in [4.78, 5) is 10.2. The van der Waals surface area contributed by atoms with Crippen LogP contribution in [0.3, 0.4) is 0 Å². The predicted molar refractivity (Wildman–Crippen MR) is 165 cm³/mol. The van der Waals surface area contributed by atoms with Gasteiger partial charge in [0.15, 0.2) is 0 Å². The number of fused-ring (bicyclic) bond motifs is 3. The molecule has 0 bridgehead atoms. The van der Waals surface area contributed by atoms with Crippen molar-refractivity contribution in [3.63, 3.8) is 0 Å². The topological polar surface area (TPSA) is 34.0 Å². The first-order valence-electron chi connectivity index (χ1n) is 13.0. The molecule has 3 heterocycles. The maximum atomic E-state index is 5.11. The average molecular weight is 521 g/mol. The summed E-state index contributed by atoms with van der Waals surface area (Å²) in [6.45, 7) is 0. The molecule has 0 N–H and O–H groups in total. The summed E-state index contributed by atoms with van der Waals surface area (Å²) < 4.78 is 4.56. The maximum absolute atomic E-state index is 5.11. The summed E-state index contributed by atoms with van der Waals surface area (Å²) >= 11 is 0. The Morgan fingerprint density at radius 3 is 1.59 bits per heavy atom. The van der Waals surface area contributed by atoms with Gasteiger partial charge in [0.2, 0.25) is 0 Å². The minimum atomic E-state index is 0.330. The van der Waals surface area contributed by atoms with Crippen molar-refractivity contribution < 1.29 is 0 Å². The second-order valence-corrected chi connectivity index (χ2v) is 10.5. The van der Waals surface area contributed by atoms with Gasteiger partial charge in [0, 0.05) is 30.9 Å². The van der Waals surface area contributed by atoms with Gasteiger partial charge < -0.3 is 4.67 Å². The van der Waals surface area contributed by atoms with Crippen LogP contribution in [0.25, 0.3) is 39.0 Å². The first-order chi connectivity index (χ1) is 19.3. The van der Waals surface area contributed by atoms with E-state index >= 15 is 0 Å². The molecular formula is C34H25N4P. The van der Waals surface area contributed by atoms with Crippen LogP contribution in [-0.2, 0) is 0 Å². The Morgan fingerprint density at radius 1 is 0.462 bits per heavy atom. The van der Waals surface area contributed by atoms with Gasteiger partial charge in [-0.1, -0.05) is 84.9 Å². The molecule has 0 fully saturated rings. The summed E-state index contributed by atoms with van der Waals surface area (Å²) in [6.07, 6.45) is 0. The average Bonchev–Trinajstić information content (AvgIpc) is 3.35. The minimum absolute atomic E-state index is 0.330. The molecule has 0 radical (unpaired) electrons. The molecule has 0 aliphatic carbocycles. The standard InChI is InChI=1S/C34H25N4P/c1-3-13-25(14-4-1)38(26-15-5-2-6-16-26)39-34-24-12-20-30(36-34)29-19-11-23-33(35-29)37-31-21-9-7-17-27(31)28-18-8-10-22-32(28)37/h1-24,39H. The Labute approximate surface area is 229 Å². The molecule has 7 aromatic rings. The third kappa shape index (κ3) is 4.46. The van der Waals surface area contributed by atoms with Crippen molar-refractivity contribution in [2.24, 2.45) is 0 Å². The highest BCUT2D eigenvalue weighted by molar-refractivity contribution is 7.49. The highest BCUT2D eigenvalue weighted by atomic mass is 31.1. The normalized spacial score (nSPS) is 11.5. The summed E-state index contributed by atoms with van der Waals surface area (Å²) in [5.41, 5.74) is 7.29. The summed E-state index contributed by atoms with van der Waals surface area (Å²) in [6, 6.07) is 50.3. The fourth-order valence-corrected chi connectivity index (χ4v) is 6.17. The Bertz CT molecular complexity index is 1810. The van der Waals surface area contributed by atoms with Gasteiger partial charge >= 0.3 is 0 Å². The van der Waals surface area contributed by atoms with E-state index in [-0.39, 0.29) is 0 Å². The number of anilines is 2. The smallest absolute Gasteiger partial charge is 0.138 e. The highest BCUT2D eigenvalue weighted by Gasteiger charge is 2.15. The van der Waals surface area contributed by atoms with Gasteiger partial charge in [-0.25, -0.2) is 9.97 Å². The Balaban J connectivity index is 1.28. The van der Waals surface area contributed by atoms with Crippen LogP contribution in [0, 0.1) is 0 Å². The molecule has 1 unspecified atom stereocenters. The molecule has 1 atom stereocenters. The van der Waals surface area contributed by atoms with Crippen LogP contribution in [0.4, 0.5) is 11.4 Å². The van der Waals surface area contributed by atoms with Crippen LogP contribution in [0.5, 0.6) is 0 Å². The van der Waals surface area contributed by atoms with E-state index < -0.39 is 0 Å². The SMILES string of the molecule is c1ccc(N(Pc2cccc(-c3cccc(-n4c5ccccc5c5ccccc54)n3)n2)c2ccccc2)cc1. The molecule has 7 rings (SSSR count). The first kappa shape index (κ1) is 23.3. The number of rotatable bonds is 6. The lowest BCUT2D eigenvalue weighted by Gasteiger charge is -2.24. The second-order valence-electron chi connectivity index (χ2n) is 9.28. The molecule has 0 spiro atoms. The van der Waals surface area contributed by atoms with Crippen molar-refractivity contribution in [2.45, 2.75) is 0 Å². The van der Waals surface area contributed by atoms with Crippen LogP contribution in [0.1, 0.15) is 0 Å². The zero-order valence-corrected chi connectivity index (χ0v) is 22.1. The summed E-state index contributed by atoms with van der Waals surface area (Å²) in [5.74, 6) is 0.884. The van der Waals surface area contributed by atoms with Crippen molar-refractivity contribution in [3.8, 4) is 17.2 Å². The van der Waals surface area contributed by atoms with E-state index in [0.717, 1.165) is 45.0 Å². The van der Waals surface area contributed by atoms with Gasteiger partial charge in [0.05, 0.1) is 27.9 Å². The van der Waals surface area contributed by atoms with Gasteiger partial charge in [0.1, 0.15) is 5.82 Å². The summed E-state index contributed by atoms with van der Waals surface area (Å²) in [5, 5.41) is 2.45.